The van der Waals surface area contributed by atoms with E-state index in [9.17, 15) is 4.79 Å². The van der Waals surface area contributed by atoms with E-state index in [2.05, 4.69) is 28.9 Å². The molecule has 2 aromatic heterocycles. The average molecular weight is 301 g/mol. The van der Waals surface area contributed by atoms with Crippen molar-refractivity contribution in [3.63, 3.8) is 0 Å². The standard InChI is InChI=1S/C11H9BrOS2/c1-6-7(2)11(15-9(6)5-13)8-3-4-10(12)14-8/h3-5H,1-2H3. The number of carbonyl (C=O) groups excluding carboxylic acids is 1. The maximum atomic E-state index is 10.8. The molecule has 78 valence electrons. The molecule has 0 radical (unpaired) electrons. The molecule has 0 amide bonds. The van der Waals surface area contributed by atoms with E-state index >= 15 is 0 Å². The molecule has 0 aliphatic carbocycles. The van der Waals surface area contributed by atoms with Gasteiger partial charge in [-0.1, -0.05) is 0 Å². The summed E-state index contributed by atoms with van der Waals surface area (Å²) in [4.78, 5) is 14.1. The van der Waals surface area contributed by atoms with E-state index in [4.69, 9.17) is 0 Å². The first-order valence-electron chi connectivity index (χ1n) is 4.44. The second-order valence-corrected chi connectivity index (χ2v) is 6.78. The van der Waals surface area contributed by atoms with Gasteiger partial charge in [0.1, 0.15) is 0 Å². The summed E-state index contributed by atoms with van der Waals surface area (Å²) in [6.07, 6.45) is 0.944. The molecule has 2 aromatic rings. The summed E-state index contributed by atoms with van der Waals surface area (Å²) in [5.41, 5.74) is 2.32. The van der Waals surface area contributed by atoms with Crippen molar-refractivity contribution < 1.29 is 4.79 Å². The van der Waals surface area contributed by atoms with E-state index in [0.717, 1.165) is 20.5 Å². The largest absolute Gasteiger partial charge is 0.297 e. The average Bonchev–Trinajstić information content (AvgIpc) is 2.74. The summed E-state index contributed by atoms with van der Waals surface area (Å²) >= 11 is 6.72. The van der Waals surface area contributed by atoms with E-state index in [1.165, 1.54) is 15.3 Å². The molecule has 0 atom stereocenters. The Hall–Kier alpha value is -0.450. The number of hydrogen-bond donors (Lipinski definition) is 0. The molecule has 0 spiro atoms. The van der Waals surface area contributed by atoms with E-state index in [0.29, 0.717) is 0 Å². The minimum Gasteiger partial charge on any atom is -0.297 e. The monoisotopic (exact) mass is 300 g/mol. The van der Waals surface area contributed by atoms with Crippen LogP contribution in [0.4, 0.5) is 0 Å². The van der Waals surface area contributed by atoms with E-state index in [1.807, 2.05) is 13.0 Å². The molecule has 1 nitrogen and oxygen atoms in total. The quantitative estimate of drug-likeness (QED) is 0.737. The molecular weight excluding hydrogens is 292 g/mol. The van der Waals surface area contributed by atoms with Gasteiger partial charge in [-0.2, -0.15) is 0 Å². The maximum absolute atomic E-state index is 10.8. The fraction of sp³-hybridized carbons (Fsp3) is 0.182. The van der Waals surface area contributed by atoms with Gasteiger partial charge in [0, 0.05) is 9.75 Å². The number of thiophene rings is 2. The smallest absolute Gasteiger partial charge is 0.160 e. The van der Waals surface area contributed by atoms with Crippen LogP contribution >= 0.6 is 38.6 Å². The highest BCUT2D eigenvalue weighted by atomic mass is 79.9. The van der Waals surface area contributed by atoms with Crippen molar-refractivity contribution in [1.82, 2.24) is 0 Å². The Kier molecular flexibility index (Phi) is 3.09. The highest BCUT2D eigenvalue weighted by molar-refractivity contribution is 9.11. The van der Waals surface area contributed by atoms with Crippen molar-refractivity contribution in [2.45, 2.75) is 13.8 Å². The van der Waals surface area contributed by atoms with Gasteiger partial charge < -0.3 is 0 Å². The van der Waals surface area contributed by atoms with E-state index in [-0.39, 0.29) is 0 Å². The summed E-state index contributed by atoms with van der Waals surface area (Å²) in [6.45, 7) is 4.07. The number of hydrogen-bond acceptors (Lipinski definition) is 3. The first-order chi connectivity index (χ1) is 7.13. The van der Waals surface area contributed by atoms with E-state index < -0.39 is 0 Å². The normalized spacial score (nSPS) is 10.6. The lowest BCUT2D eigenvalue weighted by Gasteiger charge is -1.94. The third-order valence-corrected chi connectivity index (χ3v) is 5.51. The van der Waals surface area contributed by atoms with E-state index in [1.54, 1.807) is 22.7 Å². The van der Waals surface area contributed by atoms with Crippen LogP contribution in [0.2, 0.25) is 0 Å². The van der Waals surface area contributed by atoms with Crippen LogP contribution in [0.3, 0.4) is 0 Å². The Morgan fingerprint density at radius 1 is 1.20 bits per heavy atom. The van der Waals surface area contributed by atoms with Gasteiger partial charge in [-0.15, -0.1) is 22.7 Å². The number of aldehydes is 1. The summed E-state index contributed by atoms with van der Waals surface area (Å²) in [6, 6.07) is 4.12. The molecule has 4 heteroatoms. The minimum atomic E-state index is 0.840. The number of rotatable bonds is 2. The molecular formula is C11H9BrOS2. The Balaban J connectivity index is 2.58. The van der Waals surface area contributed by atoms with Gasteiger partial charge in [0.15, 0.2) is 6.29 Å². The van der Waals surface area contributed by atoms with Gasteiger partial charge >= 0.3 is 0 Å². The third-order valence-electron chi connectivity index (χ3n) is 2.39. The predicted molar refractivity (Wildman–Crippen MR) is 70.2 cm³/mol. The minimum absolute atomic E-state index is 0.840. The van der Waals surface area contributed by atoms with Crippen molar-refractivity contribution in [2.75, 3.05) is 0 Å². The third kappa shape index (κ3) is 1.94. The Bertz CT molecular complexity index is 511. The molecule has 0 saturated heterocycles. The van der Waals surface area contributed by atoms with Crippen LogP contribution in [-0.2, 0) is 0 Å². The summed E-state index contributed by atoms with van der Waals surface area (Å²) < 4.78 is 1.12. The fourth-order valence-electron chi connectivity index (χ4n) is 1.40. The molecule has 0 aliphatic heterocycles. The zero-order chi connectivity index (χ0) is 11.0. The van der Waals surface area contributed by atoms with Gasteiger partial charge in [0.25, 0.3) is 0 Å². The topological polar surface area (TPSA) is 17.1 Å². The number of carbonyl (C=O) groups is 1. The van der Waals surface area contributed by atoms with Crippen molar-refractivity contribution in [2.24, 2.45) is 0 Å². The first-order valence-corrected chi connectivity index (χ1v) is 6.87. The molecule has 0 bridgehead atoms. The van der Waals surface area contributed by atoms with Gasteiger partial charge in [-0.25, -0.2) is 0 Å². The molecule has 15 heavy (non-hydrogen) atoms. The molecule has 0 fully saturated rings. The lowest BCUT2D eigenvalue weighted by Crippen LogP contribution is -1.78. The van der Waals surface area contributed by atoms with Crippen LogP contribution in [0.25, 0.3) is 9.75 Å². The zero-order valence-corrected chi connectivity index (χ0v) is 11.6. The van der Waals surface area contributed by atoms with Crippen LogP contribution in [0.15, 0.2) is 15.9 Å². The van der Waals surface area contributed by atoms with Gasteiger partial charge in [0.05, 0.1) is 8.66 Å². The lowest BCUT2D eigenvalue weighted by atomic mass is 10.1. The lowest BCUT2D eigenvalue weighted by molar-refractivity contribution is 0.112. The van der Waals surface area contributed by atoms with Crippen molar-refractivity contribution in [3.05, 3.63) is 31.9 Å². The number of halogens is 1. The molecule has 0 unspecified atom stereocenters. The van der Waals surface area contributed by atoms with Gasteiger partial charge in [-0.05, 0) is 53.0 Å². The van der Waals surface area contributed by atoms with Crippen molar-refractivity contribution in [1.29, 1.82) is 0 Å². The Labute approximate surface area is 105 Å². The van der Waals surface area contributed by atoms with Crippen LogP contribution in [-0.4, -0.2) is 6.29 Å². The molecule has 0 aromatic carbocycles. The fourth-order valence-corrected chi connectivity index (χ4v) is 4.08. The van der Waals surface area contributed by atoms with Crippen molar-refractivity contribution >= 4 is 44.9 Å². The highest BCUT2D eigenvalue weighted by Crippen LogP contribution is 2.39. The summed E-state index contributed by atoms with van der Waals surface area (Å²) in [5.74, 6) is 0. The van der Waals surface area contributed by atoms with Crippen LogP contribution in [0, 0.1) is 13.8 Å². The summed E-state index contributed by atoms with van der Waals surface area (Å²) in [5, 5.41) is 0. The Morgan fingerprint density at radius 3 is 2.40 bits per heavy atom. The molecule has 2 rings (SSSR count). The predicted octanol–water partition coefficient (Wildman–Crippen LogP) is 4.67. The maximum Gasteiger partial charge on any atom is 0.160 e. The Morgan fingerprint density at radius 2 is 1.93 bits per heavy atom. The van der Waals surface area contributed by atoms with Crippen LogP contribution < -0.4 is 0 Å². The second kappa shape index (κ2) is 4.20. The first kappa shape index (κ1) is 11.0. The zero-order valence-electron chi connectivity index (χ0n) is 8.33. The summed E-state index contributed by atoms with van der Waals surface area (Å²) in [7, 11) is 0. The van der Waals surface area contributed by atoms with Gasteiger partial charge in [0.2, 0.25) is 0 Å². The van der Waals surface area contributed by atoms with Gasteiger partial charge in [-0.3, -0.25) is 4.79 Å². The SMILES string of the molecule is Cc1c(C=O)sc(-c2ccc(Br)s2)c1C. The van der Waals surface area contributed by atoms with Crippen molar-refractivity contribution in [3.8, 4) is 9.75 Å². The van der Waals surface area contributed by atoms with Crippen LogP contribution in [0.1, 0.15) is 20.8 Å². The molecule has 0 saturated carbocycles. The molecule has 0 aliphatic rings. The second-order valence-electron chi connectivity index (χ2n) is 3.27. The van der Waals surface area contributed by atoms with Crippen LogP contribution in [0.5, 0.6) is 0 Å². The molecule has 2 heterocycles. The highest BCUT2D eigenvalue weighted by Gasteiger charge is 2.13. The molecule has 0 N–H and O–H groups in total.